The van der Waals surface area contributed by atoms with Gasteiger partial charge in [-0.15, -0.1) is 0 Å². The minimum atomic E-state index is -0.605. The molecule has 2 N–H and O–H groups in total. The molecule has 3 atom stereocenters. The van der Waals surface area contributed by atoms with E-state index in [1.165, 1.54) is 23.5 Å². The van der Waals surface area contributed by atoms with Crippen molar-refractivity contribution in [2.75, 3.05) is 78.7 Å². The molecule has 4 aliphatic rings. The lowest BCUT2D eigenvalue weighted by atomic mass is 10.1. The van der Waals surface area contributed by atoms with E-state index in [0.717, 1.165) is 58.6 Å². The average molecular weight is 1070 g/mol. The van der Waals surface area contributed by atoms with E-state index in [-0.39, 0.29) is 73.0 Å². The molecule has 400 valence electrons. The molecule has 0 radical (unpaired) electrons. The van der Waals surface area contributed by atoms with Crippen LogP contribution in [0.3, 0.4) is 0 Å². The van der Waals surface area contributed by atoms with Crippen molar-refractivity contribution >= 4 is 79.5 Å². The zero-order valence-corrected chi connectivity index (χ0v) is 46.0. The van der Waals surface area contributed by atoms with Crippen molar-refractivity contribution in [3.63, 3.8) is 0 Å². The second-order valence-corrected chi connectivity index (χ2v) is 23.6. The van der Waals surface area contributed by atoms with Gasteiger partial charge >= 0.3 is 5.97 Å². The quantitative estimate of drug-likeness (QED) is 0.0382. The number of carbonyl (C=O) groups is 5. The first-order valence-corrected chi connectivity index (χ1v) is 28.3. The van der Waals surface area contributed by atoms with Crippen LogP contribution in [0.4, 0.5) is 28.4 Å². The zero-order chi connectivity index (χ0) is 53.7. The molecule has 76 heavy (non-hydrogen) atoms. The van der Waals surface area contributed by atoms with E-state index in [9.17, 15) is 24.0 Å². The van der Waals surface area contributed by atoms with Crippen LogP contribution in [0.1, 0.15) is 95.0 Å². The van der Waals surface area contributed by atoms with E-state index < -0.39 is 11.9 Å². The van der Waals surface area contributed by atoms with E-state index in [1.54, 1.807) is 24.0 Å². The fourth-order valence-corrected chi connectivity index (χ4v) is 13.4. The Labute approximate surface area is 453 Å². The number of rotatable bonds is 22. The van der Waals surface area contributed by atoms with Gasteiger partial charge in [-0.3, -0.25) is 24.0 Å². The summed E-state index contributed by atoms with van der Waals surface area (Å²) < 4.78 is 29.0. The van der Waals surface area contributed by atoms with Gasteiger partial charge in [0.25, 0.3) is 11.8 Å². The van der Waals surface area contributed by atoms with Crippen LogP contribution in [0, 0.1) is 12.8 Å². The monoisotopic (exact) mass is 1070 g/mol. The number of benzene rings is 5. The lowest BCUT2D eigenvalue weighted by molar-refractivity contribution is -0.146. The molecular weight excluding hydrogens is 1000 g/mol. The third kappa shape index (κ3) is 12.1. The van der Waals surface area contributed by atoms with Gasteiger partial charge < -0.3 is 49.0 Å². The molecule has 0 saturated carbocycles. The summed E-state index contributed by atoms with van der Waals surface area (Å²) in [6.45, 7) is 9.93. The second-order valence-electron chi connectivity index (χ2n) is 20.6. The van der Waals surface area contributed by atoms with Gasteiger partial charge in [-0.05, 0) is 117 Å². The van der Waals surface area contributed by atoms with Crippen LogP contribution in [0.15, 0.2) is 91.0 Å². The summed E-state index contributed by atoms with van der Waals surface area (Å²) in [4.78, 5) is 73.3. The smallest absolute Gasteiger partial charge is 0.309 e. The summed E-state index contributed by atoms with van der Waals surface area (Å²) in [5.74, 6) is 0.365. The molecule has 15 nitrogen and oxygen atoms in total. The fraction of sp³-hybridized carbons (Fsp3) is 0.407. The van der Waals surface area contributed by atoms with Gasteiger partial charge in [-0.25, -0.2) is 0 Å². The van der Waals surface area contributed by atoms with Crippen molar-refractivity contribution < 1.29 is 47.7 Å². The van der Waals surface area contributed by atoms with E-state index in [1.807, 2.05) is 117 Å². The van der Waals surface area contributed by atoms with Crippen LogP contribution in [0.5, 0.6) is 17.2 Å². The molecular formula is C59H67N5O10S2. The topological polar surface area (TPSA) is 165 Å². The summed E-state index contributed by atoms with van der Waals surface area (Å²) in [5.41, 5.74) is 9.68. The van der Waals surface area contributed by atoms with Crippen molar-refractivity contribution in [3.8, 4) is 17.2 Å². The lowest BCUT2D eigenvalue weighted by Gasteiger charge is -2.25. The molecule has 4 heterocycles. The van der Waals surface area contributed by atoms with Crippen molar-refractivity contribution in [1.82, 2.24) is 0 Å². The Morgan fingerprint density at radius 3 is 2.14 bits per heavy atom. The van der Waals surface area contributed by atoms with Gasteiger partial charge in [-0.1, -0.05) is 64.9 Å². The predicted molar refractivity (Wildman–Crippen MR) is 301 cm³/mol. The van der Waals surface area contributed by atoms with Crippen LogP contribution < -0.4 is 39.5 Å². The largest absolute Gasteiger partial charge is 0.493 e. The summed E-state index contributed by atoms with van der Waals surface area (Å²) >= 11 is 0. The molecule has 1 unspecified atom stereocenters. The fourth-order valence-electron chi connectivity index (χ4n) is 10.5. The minimum Gasteiger partial charge on any atom is -0.493 e. The average Bonchev–Trinajstić information content (AvgIpc) is 3.93. The van der Waals surface area contributed by atoms with Crippen LogP contribution >= 0.6 is 21.6 Å². The van der Waals surface area contributed by atoms with Crippen molar-refractivity contribution in [1.29, 1.82) is 0 Å². The standard InChI is InChI=1S/C59H67N5O10S2/c1-8-19-72-34-45(65)26-41(58(69)71-7)35-75-76-59(3,4)18-17-55(66)61-42-22-37(32-73-52-29-51-47(20-36(52)2)57(68)64-44(31-62(51)5)25-40-14-10-12-16-50(40)64)21-38(23-42)33-74-54-28-48-46(27-53(54)70-6)56(67)63-43(30-60-48)24-39-13-9-11-15-49(39)63/h9-16,20-23,27-29,41,43-44,60H,8,17-19,24-26,30-35H2,1-7H3,(H,61,66)/t41?,43-,44-/m0/s1. The number of methoxy groups -OCH3 is 2. The first-order chi connectivity index (χ1) is 36.6. The lowest BCUT2D eigenvalue weighted by Crippen LogP contribution is -2.41. The number of aryl methyl sites for hydroxylation is 1. The maximum Gasteiger partial charge on any atom is 0.309 e. The number of nitrogens with one attached hydrogen (secondary N) is 2. The maximum atomic E-state index is 14.2. The number of carbonyl (C=O) groups excluding carboxylic acids is 5. The molecule has 9 rings (SSSR count). The number of ketones is 1. The number of likely N-dealkylation sites (N-methyl/N-ethyl adjacent to an activating group) is 1. The van der Waals surface area contributed by atoms with Gasteiger partial charge in [0, 0.05) is 79.3 Å². The highest BCUT2D eigenvalue weighted by atomic mass is 33.1. The van der Waals surface area contributed by atoms with Gasteiger partial charge in [0.1, 0.15) is 25.6 Å². The SMILES string of the molecule is CCCOCC(=O)CC(CSSC(C)(C)CCC(=O)Nc1cc(COc2cc3c(cc2C)C(=O)N2c4ccccc4C[C@H]2CN3C)cc(COc2cc3c(cc2OC)C(=O)N2c4ccccc4C[C@H]2CN3)c1)C(=O)OC. The summed E-state index contributed by atoms with van der Waals surface area (Å²) in [6.07, 6.45) is 3.13. The molecule has 17 heteroatoms. The van der Waals surface area contributed by atoms with Crippen LogP contribution in [-0.2, 0) is 49.9 Å². The molecule has 0 aliphatic carbocycles. The van der Waals surface area contributed by atoms with E-state index in [2.05, 4.69) is 27.7 Å². The van der Waals surface area contributed by atoms with Gasteiger partial charge in [0.2, 0.25) is 5.91 Å². The number of amides is 3. The minimum absolute atomic E-state index is 0.0134. The number of para-hydroxylation sites is 2. The van der Waals surface area contributed by atoms with Crippen LogP contribution in [0.2, 0.25) is 0 Å². The molecule has 0 bridgehead atoms. The number of esters is 1. The number of hydrogen-bond donors (Lipinski definition) is 2. The first kappa shape index (κ1) is 54.1. The Morgan fingerprint density at radius 1 is 0.803 bits per heavy atom. The molecule has 0 spiro atoms. The summed E-state index contributed by atoms with van der Waals surface area (Å²) in [7, 11) is 7.94. The number of hydrogen-bond acceptors (Lipinski definition) is 14. The summed E-state index contributed by atoms with van der Waals surface area (Å²) in [5, 5.41) is 6.63. The number of nitrogens with zero attached hydrogens (tertiary/aromatic N) is 3. The molecule has 3 amide bonds. The van der Waals surface area contributed by atoms with E-state index in [0.29, 0.717) is 71.6 Å². The Kier molecular flexibility index (Phi) is 16.9. The number of Topliss-reactive ketones (excluding diaryl/α,β-unsaturated/α-hetero) is 1. The third-order valence-corrected chi connectivity index (χ3v) is 17.7. The Balaban J connectivity index is 0.911. The van der Waals surface area contributed by atoms with Gasteiger partial charge in [0.05, 0.1) is 54.7 Å². The Bertz CT molecular complexity index is 3020. The van der Waals surface area contributed by atoms with Gasteiger partial charge in [-0.2, -0.15) is 0 Å². The zero-order valence-electron chi connectivity index (χ0n) is 44.3. The maximum absolute atomic E-state index is 14.2. The Hall–Kier alpha value is -6.69. The van der Waals surface area contributed by atoms with Crippen molar-refractivity contribution in [2.45, 2.75) is 96.3 Å². The van der Waals surface area contributed by atoms with Gasteiger partial charge in [0.15, 0.2) is 17.3 Å². The normalized spacial score (nSPS) is 16.7. The van der Waals surface area contributed by atoms with Crippen LogP contribution in [-0.4, -0.2) is 99.6 Å². The van der Waals surface area contributed by atoms with E-state index >= 15 is 0 Å². The van der Waals surface area contributed by atoms with E-state index in [4.69, 9.17) is 23.7 Å². The van der Waals surface area contributed by atoms with Crippen molar-refractivity contribution in [3.05, 3.63) is 130 Å². The molecule has 5 aromatic rings. The first-order valence-electron chi connectivity index (χ1n) is 25.9. The van der Waals surface area contributed by atoms with Crippen molar-refractivity contribution in [2.24, 2.45) is 5.92 Å². The number of anilines is 5. The molecule has 0 saturated heterocycles. The highest BCUT2D eigenvalue weighted by Crippen LogP contribution is 2.44. The molecule has 0 aromatic heterocycles. The second kappa shape index (κ2) is 23.7. The highest BCUT2D eigenvalue weighted by Gasteiger charge is 2.40. The molecule has 5 aromatic carbocycles. The van der Waals surface area contributed by atoms with Crippen LogP contribution in [0.25, 0.3) is 0 Å². The molecule has 0 fully saturated rings. The third-order valence-electron chi connectivity index (χ3n) is 14.3. The number of ether oxygens (including phenoxy) is 5. The predicted octanol–water partition coefficient (Wildman–Crippen LogP) is 10.2. The Morgan fingerprint density at radius 2 is 1.46 bits per heavy atom. The number of fused-ring (bicyclic) bond motifs is 8. The molecule has 4 aliphatic heterocycles. The summed E-state index contributed by atoms with van der Waals surface area (Å²) in [6, 6.07) is 29.3. The highest BCUT2D eigenvalue weighted by molar-refractivity contribution is 8.77.